The fraction of sp³-hybridized carbons (Fsp3) is 0.533. The minimum absolute atomic E-state index is 0.0842. The van der Waals surface area contributed by atoms with Crippen LogP contribution in [0.4, 0.5) is 5.69 Å². The van der Waals surface area contributed by atoms with Crippen molar-refractivity contribution in [2.24, 2.45) is 5.92 Å². The molecule has 2 rings (SSSR count). The Morgan fingerprint density at radius 3 is 2.53 bits per heavy atom. The van der Waals surface area contributed by atoms with Crippen LogP contribution in [-0.2, 0) is 11.2 Å². The van der Waals surface area contributed by atoms with Crippen LogP contribution in [-0.4, -0.2) is 49.7 Å². The fourth-order valence-electron chi connectivity index (χ4n) is 2.35. The van der Waals surface area contributed by atoms with Crippen LogP contribution in [0.5, 0.6) is 0 Å². The molecule has 4 nitrogen and oxygen atoms in total. The first-order valence-corrected chi connectivity index (χ1v) is 6.75. The molecule has 0 radical (unpaired) electrons. The van der Waals surface area contributed by atoms with Crippen LogP contribution < -0.4 is 4.90 Å². The second kappa shape index (κ2) is 6.17. The lowest BCUT2D eigenvalue weighted by molar-refractivity contribution is -0.117. The van der Waals surface area contributed by atoms with E-state index in [9.17, 15) is 4.79 Å². The van der Waals surface area contributed by atoms with Crippen molar-refractivity contribution in [1.29, 1.82) is 0 Å². The predicted octanol–water partition coefficient (Wildman–Crippen LogP) is 1.14. The van der Waals surface area contributed by atoms with Crippen LogP contribution in [0.15, 0.2) is 24.3 Å². The number of amides is 1. The fourth-order valence-corrected chi connectivity index (χ4v) is 2.35. The van der Waals surface area contributed by atoms with Crippen molar-refractivity contribution in [3.8, 4) is 0 Å². The lowest BCUT2D eigenvalue weighted by Crippen LogP contribution is -2.24. The van der Waals surface area contributed by atoms with Gasteiger partial charge in [-0.15, -0.1) is 0 Å². The highest BCUT2D eigenvalue weighted by Gasteiger charge is 2.29. The highest BCUT2D eigenvalue weighted by Crippen LogP contribution is 2.25. The molecule has 1 aromatic carbocycles. The summed E-state index contributed by atoms with van der Waals surface area (Å²) in [6.07, 6.45) is 1.47. The maximum absolute atomic E-state index is 11.9. The van der Waals surface area contributed by atoms with E-state index in [-0.39, 0.29) is 18.4 Å². The number of anilines is 1. The van der Waals surface area contributed by atoms with E-state index in [0.717, 1.165) is 18.7 Å². The summed E-state index contributed by atoms with van der Waals surface area (Å²) < 4.78 is 0. The normalized spacial score (nSPS) is 19.5. The van der Waals surface area contributed by atoms with E-state index < -0.39 is 0 Å². The van der Waals surface area contributed by atoms with Crippen LogP contribution in [0.1, 0.15) is 12.0 Å². The van der Waals surface area contributed by atoms with E-state index in [0.29, 0.717) is 13.0 Å². The van der Waals surface area contributed by atoms with Gasteiger partial charge in [0.2, 0.25) is 5.91 Å². The van der Waals surface area contributed by atoms with Gasteiger partial charge in [-0.1, -0.05) is 12.1 Å². The Hall–Kier alpha value is -1.39. The highest BCUT2D eigenvalue weighted by atomic mass is 16.3. The number of hydrogen-bond acceptors (Lipinski definition) is 3. The molecular weight excluding hydrogens is 240 g/mol. The van der Waals surface area contributed by atoms with Crippen molar-refractivity contribution in [3.05, 3.63) is 29.8 Å². The summed E-state index contributed by atoms with van der Waals surface area (Å²) in [5.41, 5.74) is 2.22. The molecule has 1 heterocycles. The molecule has 1 saturated heterocycles. The lowest BCUT2D eigenvalue weighted by atomic mass is 10.1. The first-order chi connectivity index (χ1) is 9.10. The first kappa shape index (κ1) is 14.0. The Kier molecular flexibility index (Phi) is 4.56. The largest absolute Gasteiger partial charge is 0.396 e. The second-order valence-electron chi connectivity index (χ2n) is 5.48. The van der Waals surface area contributed by atoms with Gasteiger partial charge in [-0.25, -0.2) is 0 Å². The molecule has 0 aromatic heterocycles. The molecule has 4 heteroatoms. The third-order valence-corrected chi connectivity index (χ3v) is 3.56. The van der Waals surface area contributed by atoms with E-state index in [2.05, 4.69) is 31.1 Å². The Bertz CT molecular complexity index is 428. The zero-order valence-corrected chi connectivity index (χ0v) is 11.7. The van der Waals surface area contributed by atoms with Crippen molar-refractivity contribution in [2.75, 3.05) is 38.7 Å². The molecule has 19 heavy (non-hydrogen) atoms. The SMILES string of the molecule is CN(C)CCc1ccc(N2CC(CO)CC2=O)cc1. The third-order valence-electron chi connectivity index (χ3n) is 3.56. The van der Waals surface area contributed by atoms with Gasteiger partial charge in [0.05, 0.1) is 0 Å². The van der Waals surface area contributed by atoms with Gasteiger partial charge in [0.15, 0.2) is 0 Å². The van der Waals surface area contributed by atoms with E-state index >= 15 is 0 Å². The number of carbonyl (C=O) groups is 1. The van der Waals surface area contributed by atoms with Crippen LogP contribution in [0.2, 0.25) is 0 Å². The summed E-state index contributed by atoms with van der Waals surface area (Å²) in [7, 11) is 4.12. The molecule has 1 unspecified atom stereocenters. The Balaban J connectivity index is 2.00. The number of aliphatic hydroxyl groups is 1. The maximum atomic E-state index is 11.9. The average molecular weight is 262 g/mol. The monoisotopic (exact) mass is 262 g/mol. The molecule has 1 aliphatic heterocycles. The van der Waals surface area contributed by atoms with Crippen LogP contribution in [0, 0.1) is 5.92 Å². The number of hydrogen-bond donors (Lipinski definition) is 1. The van der Waals surface area contributed by atoms with Crippen molar-refractivity contribution in [2.45, 2.75) is 12.8 Å². The molecule has 0 bridgehead atoms. The van der Waals surface area contributed by atoms with Gasteiger partial charge >= 0.3 is 0 Å². The van der Waals surface area contributed by atoms with E-state index in [4.69, 9.17) is 5.11 Å². The van der Waals surface area contributed by atoms with E-state index in [1.54, 1.807) is 4.90 Å². The first-order valence-electron chi connectivity index (χ1n) is 6.75. The number of benzene rings is 1. The van der Waals surface area contributed by atoms with E-state index in [1.807, 2.05) is 12.1 Å². The zero-order chi connectivity index (χ0) is 13.8. The second-order valence-corrected chi connectivity index (χ2v) is 5.48. The topological polar surface area (TPSA) is 43.8 Å². The van der Waals surface area contributed by atoms with Gasteiger partial charge in [-0.3, -0.25) is 4.79 Å². The molecule has 0 spiro atoms. The standard InChI is InChI=1S/C15H22N2O2/c1-16(2)8-7-12-3-5-14(6-4-12)17-10-13(11-18)9-15(17)19/h3-6,13,18H,7-11H2,1-2H3. The molecular formula is C15H22N2O2. The molecule has 1 amide bonds. The minimum Gasteiger partial charge on any atom is -0.396 e. The van der Waals surface area contributed by atoms with Gasteiger partial charge in [0.1, 0.15) is 0 Å². The van der Waals surface area contributed by atoms with Crippen molar-refractivity contribution >= 4 is 11.6 Å². The van der Waals surface area contributed by atoms with E-state index in [1.165, 1.54) is 5.56 Å². The summed E-state index contributed by atoms with van der Waals surface area (Å²) in [4.78, 5) is 15.8. The number of carbonyl (C=O) groups excluding carboxylic acids is 1. The Labute approximate surface area is 114 Å². The summed E-state index contributed by atoms with van der Waals surface area (Å²) in [5.74, 6) is 0.195. The molecule has 1 N–H and O–H groups in total. The molecule has 0 saturated carbocycles. The van der Waals surface area contributed by atoms with Gasteiger partial charge in [-0.2, -0.15) is 0 Å². The molecule has 1 aliphatic rings. The molecule has 104 valence electrons. The Morgan fingerprint density at radius 1 is 1.32 bits per heavy atom. The van der Waals surface area contributed by atoms with Gasteiger partial charge in [-0.05, 0) is 38.2 Å². The summed E-state index contributed by atoms with van der Waals surface area (Å²) in [5, 5.41) is 9.13. The van der Waals surface area contributed by atoms with Gasteiger partial charge < -0.3 is 14.9 Å². The van der Waals surface area contributed by atoms with Gasteiger partial charge in [0, 0.05) is 37.7 Å². The summed E-state index contributed by atoms with van der Waals surface area (Å²) >= 11 is 0. The molecule has 1 atom stereocenters. The quantitative estimate of drug-likeness (QED) is 0.865. The zero-order valence-electron chi connectivity index (χ0n) is 11.7. The smallest absolute Gasteiger partial charge is 0.227 e. The summed E-state index contributed by atoms with van der Waals surface area (Å²) in [6, 6.07) is 8.17. The Morgan fingerprint density at radius 2 is 2.00 bits per heavy atom. The highest BCUT2D eigenvalue weighted by molar-refractivity contribution is 5.95. The number of nitrogens with zero attached hydrogens (tertiary/aromatic N) is 2. The average Bonchev–Trinajstić information content (AvgIpc) is 2.78. The maximum Gasteiger partial charge on any atom is 0.227 e. The molecule has 1 fully saturated rings. The number of rotatable bonds is 5. The third kappa shape index (κ3) is 3.55. The van der Waals surface area contributed by atoms with Crippen molar-refractivity contribution < 1.29 is 9.90 Å². The van der Waals surface area contributed by atoms with Crippen molar-refractivity contribution in [1.82, 2.24) is 4.90 Å². The van der Waals surface area contributed by atoms with Gasteiger partial charge in [0.25, 0.3) is 0 Å². The number of likely N-dealkylation sites (N-methyl/N-ethyl adjacent to an activating group) is 1. The predicted molar refractivity (Wildman–Crippen MR) is 76.2 cm³/mol. The number of aliphatic hydroxyl groups excluding tert-OH is 1. The molecule has 1 aromatic rings. The minimum atomic E-state index is 0.0842. The van der Waals surface area contributed by atoms with Crippen LogP contribution in [0.25, 0.3) is 0 Å². The lowest BCUT2D eigenvalue weighted by Gasteiger charge is -2.17. The summed E-state index contributed by atoms with van der Waals surface area (Å²) in [6.45, 7) is 1.74. The molecule has 0 aliphatic carbocycles. The van der Waals surface area contributed by atoms with Crippen LogP contribution >= 0.6 is 0 Å². The van der Waals surface area contributed by atoms with Crippen LogP contribution in [0.3, 0.4) is 0 Å². The van der Waals surface area contributed by atoms with Crippen molar-refractivity contribution in [3.63, 3.8) is 0 Å².